The first-order chi connectivity index (χ1) is 9.15. The van der Waals surface area contributed by atoms with E-state index in [2.05, 4.69) is 5.10 Å². The normalized spacial score (nSPS) is 11.0. The molecule has 1 aromatic carbocycles. The van der Waals surface area contributed by atoms with Gasteiger partial charge in [-0.2, -0.15) is 5.10 Å². The Labute approximate surface area is 109 Å². The van der Waals surface area contributed by atoms with Gasteiger partial charge in [0.25, 0.3) is 0 Å². The molecule has 0 aliphatic rings. The first-order valence-corrected chi connectivity index (χ1v) is 5.95. The summed E-state index contributed by atoms with van der Waals surface area (Å²) >= 11 is 0. The molecule has 0 saturated carbocycles. The minimum absolute atomic E-state index is 0.331. The van der Waals surface area contributed by atoms with Crippen molar-refractivity contribution in [2.75, 3.05) is 0 Å². The van der Waals surface area contributed by atoms with Crippen LogP contribution in [-0.4, -0.2) is 25.4 Å². The lowest BCUT2D eigenvalue weighted by Crippen LogP contribution is -2.01. The fraction of sp³-hybridized carbons (Fsp3) is 0.143. The molecule has 2 aromatic heterocycles. The third-order valence-corrected chi connectivity index (χ3v) is 3.15. The van der Waals surface area contributed by atoms with Crippen LogP contribution in [-0.2, 0) is 13.6 Å². The molecule has 5 nitrogen and oxygen atoms in total. The van der Waals surface area contributed by atoms with Crippen molar-refractivity contribution in [3.8, 4) is 0 Å². The van der Waals surface area contributed by atoms with E-state index in [1.165, 1.54) is 0 Å². The first kappa shape index (κ1) is 11.5. The summed E-state index contributed by atoms with van der Waals surface area (Å²) in [4.78, 5) is 11.2. The molecule has 1 N–H and O–H groups in total. The number of aromatic carboxylic acids is 1. The minimum Gasteiger partial charge on any atom is -0.478 e. The third-order valence-electron chi connectivity index (χ3n) is 3.15. The second kappa shape index (κ2) is 4.28. The van der Waals surface area contributed by atoms with Gasteiger partial charge in [0.1, 0.15) is 0 Å². The standard InChI is InChI=1S/C14H13N3O2/c1-16-7-5-10(15-16)9-17-8-6-11-12(14(18)19)3-2-4-13(11)17/h2-8H,9H2,1H3,(H,18,19). The van der Waals surface area contributed by atoms with Crippen LogP contribution in [0.2, 0.25) is 0 Å². The van der Waals surface area contributed by atoms with Crippen molar-refractivity contribution in [3.63, 3.8) is 0 Å². The van der Waals surface area contributed by atoms with E-state index in [0.29, 0.717) is 12.1 Å². The Morgan fingerprint density at radius 3 is 2.79 bits per heavy atom. The Hall–Kier alpha value is -2.56. The molecule has 2 heterocycles. The predicted molar refractivity (Wildman–Crippen MR) is 71.2 cm³/mol. The highest BCUT2D eigenvalue weighted by molar-refractivity contribution is 6.02. The Morgan fingerprint density at radius 2 is 2.11 bits per heavy atom. The zero-order valence-corrected chi connectivity index (χ0v) is 10.4. The number of aromatic nitrogens is 3. The van der Waals surface area contributed by atoms with Gasteiger partial charge in [0, 0.05) is 30.3 Å². The van der Waals surface area contributed by atoms with E-state index in [-0.39, 0.29) is 0 Å². The highest BCUT2D eigenvalue weighted by Gasteiger charge is 2.11. The fourth-order valence-corrected chi connectivity index (χ4v) is 2.27. The topological polar surface area (TPSA) is 60.0 Å². The zero-order valence-electron chi connectivity index (χ0n) is 10.4. The molecule has 0 amide bonds. The van der Waals surface area contributed by atoms with Crippen LogP contribution in [0.5, 0.6) is 0 Å². The molecule has 3 aromatic rings. The first-order valence-electron chi connectivity index (χ1n) is 5.95. The van der Waals surface area contributed by atoms with Crippen LogP contribution in [0.1, 0.15) is 16.1 Å². The molecule has 0 bridgehead atoms. The SMILES string of the molecule is Cn1ccc(Cn2ccc3c(C(=O)O)cccc32)n1. The van der Waals surface area contributed by atoms with Crippen LogP contribution in [0.25, 0.3) is 10.9 Å². The van der Waals surface area contributed by atoms with E-state index in [4.69, 9.17) is 5.11 Å². The number of carboxylic acids is 1. The van der Waals surface area contributed by atoms with Gasteiger partial charge in [0.05, 0.1) is 17.8 Å². The van der Waals surface area contributed by atoms with Crippen molar-refractivity contribution in [2.24, 2.45) is 7.05 Å². The van der Waals surface area contributed by atoms with E-state index in [1.807, 2.05) is 42.2 Å². The Morgan fingerprint density at radius 1 is 1.26 bits per heavy atom. The lowest BCUT2D eigenvalue weighted by atomic mass is 10.1. The smallest absolute Gasteiger partial charge is 0.336 e. The second-order valence-electron chi connectivity index (χ2n) is 4.47. The minimum atomic E-state index is -0.902. The molecule has 19 heavy (non-hydrogen) atoms. The van der Waals surface area contributed by atoms with Crippen LogP contribution in [0.4, 0.5) is 0 Å². The average molecular weight is 255 g/mol. The van der Waals surface area contributed by atoms with Crippen molar-refractivity contribution in [1.29, 1.82) is 0 Å². The summed E-state index contributed by atoms with van der Waals surface area (Å²) < 4.78 is 3.76. The number of benzene rings is 1. The fourth-order valence-electron chi connectivity index (χ4n) is 2.27. The summed E-state index contributed by atoms with van der Waals surface area (Å²) in [7, 11) is 1.87. The van der Waals surface area contributed by atoms with Crippen molar-refractivity contribution < 1.29 is 9.90 Å². The maximum absolute atomic E-state index is 11.2. The van der Waals surface area contributed by atoms with Gasteiger partial charge in [-0.25, -0.2) is 4.79 Å². The molecule has 0 atom stereocenters. The summed E-state index contributed by atoms with van der Waals surface area (Å²) in [5, 5.41) is 14.2. The lowest BCUT2D eigenvalue weighted by molar-refractivity contribution is 0.0699. The van der Waals surface area contributed by atoms with Gasteiger partial charge in [0.2, 0.25) is 0 Å². The highest BCUT2D eigenvalue weighted by Crippen LogP contribution is 2.21. The third kappa shape index (κ3) is 1.99. The van der Waals surface area contributed by atoms with Gasteiger partial charge >= 0.3 is 5.97 Å². The van der Waals surface area contributed by atoms with E-state index < -0.39 is 5.97 Å². The summed E-state index contributed by atoms with van der Waals surface area (Å²) in [6, 6.07) is 9.09. The maximum atomic E-state index is 11.2. The number of hydrogen-bond acceptors (Lipinski definition) is 2. The van der Waals surface area contributed by atoms with Crippen LogP contribution in [0.15, 0.2) is 42.7 Å². The molecule has 0 fully saturated rings. The molecule has 0 spiro atoms. The molecule has 96 valence electrons. The summed E-state index contributed by atoms with van der Waals surface area (Å²) in [5.74, 6) is -0.902. The lowest BCUT2D eigenvalue weighted by Gasteiger charge is -2.04. The van der Waals surface area contributed by atoms with Gasteiger partial charge in [-0.15, -0.1) is 0 Å². The van der Waals surface area contributed by atoms with Gasteiger partial charge in [-0.05, 0) is 24.3 Å². The maximum Gasteiger partial charge on any atom is 0.336 e. The van der Waals surface area contributed by atoms with Crippen molar-refractivity contribution in [3.05, 3.63) is 54.0 Å². The number of nitrogens with zero attached hydrogens (tertiary/aromatic N) is 3. The average Bonchev–Trinajstić information content (AvgIpc) is 2.97. The number of carboxylic acid groups (broad SMARTS) is 1. The van der Waals surface area contributed by atoms with Crippen LogP contribution in [0.3, 0.4) is 0 Å². The second-order valence-corrected chi connectivity index (χ2v) is 4.47. The van der Waals surface area contributed by atoms with Crippen LogP contribution >= 0.6 is 0 Å². The van der Waals surface area contributed by atoms with E-state index >= 15 is 0 Å². The summed E-state index contributed by atoms with van der Waals surface area (Å²) in [6.45, 7) is 0.632. The van der Waals surface area contributed by atoms with Crippen molar-refractivity contribution >= 4 is 16.9 Å². The summed E-state index contributed by atoms with van der Waals surface area (Å²) in [5.41, 5.74) is 2.18. The molecule has 0 aliphatic carbocycles. The van der Waals surface area contributed by atoms with Crippen molar-refractivity contribution in [2.45, 2.75) is 6.54 Å². The molecule has 0 unspecified atom stereocenters. The van der Waals surface area contributed by atoms with Gasteiger partial charge in [-0.3, -0.25) is 4.68 Å². The molecule has 3 rings (SSSR count). The molecular weight excluding hydrogens is 242 g/mol. The molecule has 5 heteroatoms. The van der Waals surface area contributed by atoms with Crippen LogP contribution < -0.4 is 0 Å². The molecule has 0 radical (unpaired) electrons. The largest absolute Gasteiger partial charge is 0.478 e. The Balaban J connectivity index is 2.06. The summed E-state index contributed by atoms with van der Waals surface area (Å²) in [6.07, 6.45) is 3.79. The Bertz CT molecular complexity index is 755. The van der Waals surface area contributed by atoms with Crippen molar-refractivity contribution in [1.82, 2.24) is 14.3 Å². The van der Waals surface area contributed by atoms with Gasteiger partial charge < -0.3 is 9.67 Å². The molecule has 0 saturated heterocycles. The quantitative estimate of drug-likeness (QED) is 0.779. The number of carbonyl (C=O) groups is 1. The van der Waals surface area contributed by atoms with Gasteiger partial charge in [0.15, 0.2) is 0 Å². The highest BCUT2D eigenvalue weighted by atomic mass is 16.4. The molecule has 0 aliphatic heterocycles. The number of fused-ring (bicyclic) bond motifs is 1. The molecular formula is C14H13N3O2. The van der Waals surface area contributed by atoms with Gasteiger partial charge in [-0.1, -0.05) is 6.07 Å². The number of aryl methyl sites for hydroxylation is 1. The number of hydrogen-bond donors (Lipinski definition) is 1. The van der Waals surface area contributed by atoms with E-state index in [1.54, 1.807) is 16.8 Å². The van der Waals surface area contributed by atoms with Crippen LogP contribution in [0, 0.1) is 0 Å². The number of rotatable bonds is 3. The van der Waals surface area contributed by atoms with E-state index in [0.717, 1.165) is 16.6 Å². The predicted octanol–water partition coefficient (Wildman–Crippen LogP) is 2.12. The van der Waals surface area contributed by atoms with E-state index in [9.17, 15) is 4.79 Å². The Kier molecular flexibility index (Phi) is 2.59. The monoisotopic (exact) mass is 255 g/mol. The zero-order chi connectivity index (χ0) is 13.4.